The molecule has 0 aromatic heterocycles. The van der Waals surface area contributed by atoms with Gasteiger partial charge in [-0.05, 0) is 36.8 Å². The molecule has 1 aromatic carbocycles. The average molecular weight is 290 g/mol. The Kier molecular flexibility index (Phi) is 5.01. The summed E-state index contributed by atoms with van der Waals surface area (Å²) >= 11 is 0. The Bertz CT molecular complexity index is 478. The number of carbonyl (C=O) groups is 1. The van der Waals surface area contributed by atoms with Gasteiger partial charge in [0.1, 0.15) is 5.54 Å². The quantitative estimate of drug-likeness (QED) is 0.845. The van der Waals surface area contributed by atoms with Gasteiger partial charge in [-0.1, -0.05) is 38.1 Å². The van der Waals surface area contributed by atoms with Crippen molar-refractivity contribution in [2.75, 3.05) is 13.2 Å². The molecule has 3 N–H and O–H groups in total. The van der Waals surface area contributed by atoms with Crippen molar-refractivity contribution in [3.63, 3.8) is 0 Å². The van der Waals surface area contributed by atoms with Crippen molar-refractivity contribution in [2.24, 2.45) is 5.73 Å². The Balaban J connectivity index is 2.13. The van der Waals surface area contributed by atoms with Gasteiger partial charge in [0.2, 0.25) is 5.91 Å². The molecule has 1 aliphatic heterocycles. The molecule has 2 unspecified atom stereocenters. The molecule has 0 bridgehead atoms. The van der Waals surface area contributed by atoms with Gasteiger partial charge in [-0.15, -0.1) is 0 Å². The van der Waals surface area contributed by atoms with Crippen LogP contribution in [-0.2, 0) is 15.1 Å². The Morgan fingerprint density at radius 1 is 1.43 bits per heavy atom. The molecular formula is C17H26N2O2. The van der Waals surface area contributed by atoms with Crippen LogP contribution in [0.3, 0.4) is 0 Å². The lowest BCUT2D eigenvalue weighted by Crippen LogP contribution is -2.52. The van der Waals surface area contributed by atoms with Crippen molar-refractivity contribution in [3.05, 3.63) is 35.4 Å². The van der Waals surface area contributed by atoms with Crippen LogP contribution in [0.15, 0.2) is 24.3 Å². The molecule has 0 spiro atoms. The second-order valence-electron chi connectivity index (χ2n) is 6.28. The fourth-order valence-corrected chi connectivity index (χ4v) is 2.66. The first-order valence-electron chi connectivity index (χ1n) is 7.70. The predicted molar refractivity (Wildman–Crippen MR) is 84.1 cm³/mol. The number of amides is 1. The summed E-state index contributed by atoms with van der Waals surface area (Å²) < 4.78 is 5.60. The van der Waals surface area contributed by atoms with Crippen LogP contribution < -0.4 is 11.1 Å². The van der Waals surface area contributed by atoms with Crippen LogP contribution in [0.5, 0.6) is 0 Å². The standard InChI is InChI=1S/C17H26N2O2/c1-12(2)13-6-8-14(9-7-13)17(3,16(18)20)19-11-15-5-4-10-21-15/h6-9,12,15,19H,4-5,10-11H2,1-3H3,(H2,18,20). The molecular weight excluding hydrogens is 264 g/mol. The Morgan fingerprint density at radius 3 is 2.57 bits per heavy atom. The van der Waals surface area contributed by atoms with Crippen LogP contribution in [0.25, 0.3) is 0 Å². The monoisotopic (exact) mass is 290 g/mol. The van der Waals surface area contributed by atoms with Crippen molar-refractivity contribution < 1.29 is 9.53 Å². The van der Waals surface area contributed by atoms with E-state index < -0.39 is 5.54 Å². The van der Waals surface area contributed by atoms with E-state index in [0.29, 0.717) is 12.5 Å². The van der Waals surface area contributed by atoms with Crippen LogP contribution in [0, 0.1) is 0 Å². The summed E-state index contributed by atoms with van der Waals surface area (Å²) in [6, 6.07) is 8.11. The van der Waals surface area contributed by atoms with Gasteiger partial charge in [-0.2, -0.15) is 0 Å². The normalized spacial score (nSPS) is 21.4. The van der Waals surface area contributed by atoms with E-state index in [1.165, 1.54) is 5.56 Å². The second-order valence-corrected chi connectivity index (χ2v) is 6.28. The van der Waals surface area contributed by atoms with E-state index in [2.05, 4.69) is 31.3 Å². The van der Waals surface area contributed by atoms with Crippen molar-refractivity contribution in [3.8, 4) is 0 Å². The van der Waals surface area contributed by atoms with Gasteiger partial charge in [0.05, 0.1) is 6.10 Å². The summed E-state index contributed by atoms with van der Waals surface area (Å²) in [6.45, 7) is 7.60. The van der Waals surface area contributed by atoms with Gasteiger partial charge in [-0.25, -0.2) is 0 Å². The number of rotatable bonds is 6. The summed E-state index contributed by atoms with van der Waals surface area (Å²) in [5.74, 6) is 0.108. The number of nitrogens with one attached hydrogen (secondary N) is 1. The number of benzene rings is 1. The molecule has 1 saturated heterocycles. The number of carbonyl (C=O) groups excluding carboxylic acids is 1. The lowest BCUT2D eigenvalue weighted by atomic mass is 9.89. The highest BCUT2D eigenvalue weighted by Gasteiger charge is 2.33. The maximum Gasteiger partial charge on any atom is 0.242 e. The maximum atomic E-state index is 12.0. The zero-order valence-electron chi connectivity index (χ0n) is 13.2. The van der Waals surface area contributed by atoms with Gasteiger partial charge in [0, 0.05) is 13.2 Å². The first kappa shape index (κ1) is 16.0. The number of nitrogens with two attached hydrogens (primary N) is 1. The van der Waals surface area contributed by atoms with E-state index in [4.69, 9.17) is 10.5 Å². The molecule has 1 aromatic rings. The van der Waals surface area contributed by atoms with Gasteiger partial charge in [0.15, 0.2) is 0 Å². The number of hydrogen-bond donors (Lipinski definition) is 2. The molecule has 1 heterocycles. The van der Waals surface area contributed by atoms with Crippen molar-refractivity contribution >= 4 is 5.91 Å². The third-order valence-electron chi connectivity index (χ3n) is 4.35. The van der Waals surface area contributed by atoms with E-state index in [1.807, 2.05) is 19.1 Å². The molecule has 21 heavy (non-hydrogen) atoms. The Labute approximate surface area is 127 Å². The predicted octanol–water partition coefficient (Wildman–Crippen LogP) is 2.28. The largest absolute Gasteiger partial charge is 0.377 e. The first-order chi connectivity index (χ1) is 9.93. The highest BCUT2D eigenvalue weighted by Crippen LogP contribution is 2.24. The second kappa shape index (κ2) is 6.58. The summed E-state index contributed by atoms with van der Waals surface area (Å²) in [4.78, 5) is 12.0. The molecule has 4 nitrogen and oxygen atoms in total. The highest BCUT2D eigenvalue weighted by molar-refractivity contribution is 5.85. The average Bonchev–Trinajstić information content (AvgIpc) is 2.98. The SMILES string of the molecule is CC(C)c1ccc(C(C)(NCC2CCCO2)C(N)=O)cc1. The summed E-state index contributed by atoms with van der Waals surface area (Å²) in [7, 11) is 0. The minimum atomic E-state index is -0.860. The zero-order valence-corrected chi connectivity index (χ0v) is 13.2. The molecule has 1 fully saturated rings. The summed E-state index contributed by atoms with van der Waals surface area (Å²) in [5, 5.41) is 3.30. The molecule has 0 radical (unpaired) electrons. The zero-order chi connectivity index (χ0) is 15.5. The third kappa shape index (κ3) is 3.63. The molecule has 116 valence electrons. The third-order valence-corrected chi connectivity index (χ3v) is 4.35. The lowest BCUT2D eigenvalue weighted by molar-refractivity contribution is -0.124. The Morgan fingerprint density at radius 2 is 2.10 bits per heavy atom. The van der Waals surface area contributed by atoms with Crippen molar-refractivity contribution in [1.82, 2.24) is 5.32 Å². The van der Waals surface area contributed by atoms with Gasteiger partial charge >= 0.3 is 0 Å². The Hall–Kier alpha value is -1.39. The number of ether oxygens (including phenoxy) is 1. The molecule has 4 heteroatoms. The summed E-state index contributed by atoms with van der Waals surface area (Å²) in [5.41, 5.74) is 6.94. The molecule has 1 amide bonds. The first-order valence-corrected chi connectivity index (χ1v) is 7.70. The highest BCUT2D eigenvalue weighted by atomic mass is 16.5. The lowest BCUT2D eigenvalue weighted by Gasteiger charge is -2.29. The fraction of sp³-hybridized carbons (Fsp3) is 0.588. The van der Waals surface area contributed by atoms with Crippen LogP contribution in [-0.4, -0.2) is 25.2 Å². The van der Waals surface area contributed by atoms with Gasteiger partial charge in [-0.3, -0.25) is 10.1 Å². The minimum Gasteiger partial charge on any atom is -0.377 e. The van der Waals surface area contributed by atoms with Crippen molar-refractivity contribution in [2.45, 2.75) is 51.2 Å². The maximum absolute atomic E-state index is 12.0. The topological polar surface area (TPSA) is 64.3 Å². The molecule has 2 rings (SSSR count). The fourth-order valence-electron chi connectivity index (χ4n) is 2.66. The van der Waals surface area contributed by atoms with Crippen LogP contribution >= 0.6 is 0 Å². The summed E-state index contributed by atoms with van der Waals surface area (Å²) in [6.07, 6.45) is 2.30. The smallest absolute Gasteiger partial charge is 0.242 e. The van der Waals surface area contributed by atoms with Gasteiger partial charge < -0.3 is 10.5 Å². The van der Waals surface area contributed by atoms with Crippen LogP contribution in [0.2, 0.25) is 0 Å². The van der Waals surface area contributed by atoms with E-state index in [9.17, 15) is 4.79 Å². The van der Waals surface area contributed by atoms with E-state index in [1.54, 1.807) is 0 Å². The van der Waals surface area contributed by atoms with E-state index in [0.717, 1.165) is 25.0 Å². The van der Waals surface area contributed by atoms with Crippen LogP contribution in [0.1, 0.15) is 50.7 Å². The van der Waals surface area contributed by atoms with Crippen molar-refractivity contribution in [1.29, 1.82) is 0 Å². The minimum absolute atomic E-state index is 0.179. The molecule has 0 aliphatic carbocycles. The molecule has 2 atom stereocenters. The van der Waals surface area contributed by atoms with Gasteiger partial charge in [0.25, 0.3) is 0 Å². The van der Waals surface area contributed by atoms with E-state index >= 15 is 0 Å². The van der Waals surface area contributed by atoms with E-state index in [-0.39, 0.29) is 12.0 Å². The number of hydrogen-bond acceptors (Lipinski definition) is 3. The molecule has 1 aliphatic rings. The molecule has 0 saturated carbocycles. The number of primary amides is 1. The van der Waals surface area contributed by atoms with Crippen LogP contribution in [0.4, 0.5) is 0 Å².